The van der Waals surface area contributed by atoms with E-state index < -0.39 is 12.7 Å². The fourth-order valence-electron chi connectivity index (χ4n) is 2.06. The second-order valence-corrected chi connectivity index (χ2v) is 5.22. The molecule has 1 heterocycles. The number of hydrogen-bond acceptors (Lipinski definition) is 5. The summed E-state index contributed by atoms with van der Waals surface area (Å²) in [6.45, 7) is -2.42. The number of ether oxygens (including phenoxy) is 2. The lowest BCUT2D eigenvalue weighted by Gasteiger charge is -2.15. The predicted octanol–water partition coefficient (Wildman–Crippen LogP) is 3.11. The Balaban J connectivity index is 1.82. The molecular weight excluding hydrogens is 294 g/mol. The van der Waals surface area contributed by atoms with Gasteiger partial charge in [0.25, 0.3) is 0 Å². The average Bonchev–Trinajstić information content (AvgIpc) is 3.16. The molecule has 1 aromatic heterocycles. The van der Waals surface area contributed by atoms with E-state index in [2.05, 4.69) is 9.72 Å². The van der Waals surface area contributed by atoms with Crippen molar-refractivity contribution >= 4 is 0 Å². The van der Waals surface area contributed by atoms with Gasteiger partial charge in [-0.25, -0.2) is 4.98 Å². The number of rotatable bonds is 7. The molecule has 1 fully saturated rings. The highest BCUT2D eigenvalue weighted by Crippen LogP contribution is 2.35. The lowest BCUT2D eigenvalue weighted by molar-refractivity contribution is -0.0515. The number of aromatic nitrogens is 1. The molecule has 0 aliphatic heterocycles. The van der Waals surface area contributed by atoms with Gasteiger partial charge in [-0.1, -0.05) is 6.07 Å². The minimum Gasteiger partial charge on any atom is -0.489 e. The summed E-state index contributed by atoms with van der Waals surface area (Å²) in [5.74, 6) is 1.24. The van der Waals surface area contributed by atoms with Crippen molar-refractivity contribution in [3.63, 3.8) is 0 Å². The standard InChI is InChI=1S/C15H16F2N2O3/c16-15(17)22-11-4-3-10(14(18)13-6-19-8-21-13)5-12(11)20-7-9-1-2-9/h3-6,8-9,14-15H,1-2,7,18H2. The highest BCUT2D eigenvalue weighted by molar-refractivity contribution is 5.45. The van der Waals surface area contributed by atoms with Crippen molar-refractivity contribution in [3.8, 4) is 11.5 Å². The summed E-state index contributed by atoms with van der Waals surface area (Å²) in [6, 6.07) is 4.09. The van der Waals surface area contributed by atoms with Gasteiger partial charge in [-0.05, 0) is 36.5 Å². The van der Waals surface area contributed by atoms with Crippen LogP contribution < -0.4 is 15.2 Å². The largest absolute Gasteiger partial charge is 0.489 e. The van der Waals surface area contributed by atoms with Gasteiger partial charge in [-0.2, -0.15) is 8.78 Å². The van der Waals surface area contributed by atoms with E-state index in [-0.39, 0.29) is 11.5 Å². The highest BCUT2D eigenvalue weighted by Gasteiger charge is 2.23. The van der Waals surface area contributed by atoms with E-state index in [0.717, 1.165) is 12.8 Å². The summed E-state index contributed by atoms with van der Waals surface area (Å²) in [6.07, 6.45) is 5.00. The molecule has 2 aromatic rings. The number of nitrogens with zero attached hydrogens (tertiary/aromatic N) is 1. The van der Waals surface area contributed by atoms with Gasteiger partial charge in [0.1, 0.15) is 5.76 Å². The van der Waals surface area contributed by atoms with Gasteiger partial charge in [0, 0.05) is 0 Å². The Morgan fingerprint density at radius 1 is 1.32 bits per heavy atom. The van der Waals surface area contributed by atoms with Crippen LogP contribution in [0.2, 0.25) is 0 Å². The summed E-state index contributed by atoms with van der Waals surface area (Å²) >= 11 is 0. The molecule has 1 aliphatic rings. The van der Waals surface area contributed by atoms with Gasteiger partial charge in [0.05, 0.1) is 18.8 Å². The smallest absolute Gasteiger partial charge is 0.387 e. The number of alkyl halides is 2. The molecule has 1 aromatic carbocycles. The van der Waals surface area contributed by atoms with E-state index in [9.17, 15) is 8.78 Å². The topological polar surface area (TPSA) is 70.5 Å². The molecule has 22 heavy (non-hydrogen) atoms. The third kappa shape index (κ3) is 3.54. The molecule has 1 aliphatic carbocycles. The molecule has 0 amide bonds. The van der Waals surface area contributed by atoms with Crippen LogP contribution in [-0.4, -0.2) is 18.2 Å². The van der Waals surface area contributed by atoms with Gasteiger partial charge in [-0.3, -0.25) is 0 Å². The van der Waals surface area contributed by atoms with E-state index in [1.807, 2.05) is 0 Å². The fraction of sp³-hybridized carbons (Fsp3) is 0.400. The second-order valence-electron chi connectivity index (χ2n) is 5.22. The molecule has 1 unspecified atom stereocenters. The molecule has 0 saturated heterocycles. The van der Waals surface area contributed by atoms with Crippen molar-refractivity contribution in [2.24, 2.45) is 11.7 Å². The monoisotopic (exact) mass is 310 g/mol. The summed E-state index contributed by atoms with van der Waals surface area (Å²) in [5.41, 5.74) is 6.74. The first-order valence-corrected chi connectivity index (χ1v) is 6.99. The highest BCUT2D eigenvalue weighted by atomic mass is 19.3. The zero-order chi connectivity index (χ0) is 15.5. The van der Waals surface area contributed by atoms with Crippen LogP contribution in [0.25, 0.3) is 0 Å². The van der Waals surface area contributed by atoms with Crippen LogP contribution in [-0.2, 0) is 0 Å². The van der Waals surface area contributed by atoms with Crippen molar-refractivity contribution in [1.29, 1.82) is 0 Å². The van der Waals surface area contributed by atoms with Crippen LogP contribution in [0.5, 0.6) is 11.5 Å². The third-order valence-corrected chi connectivity index (χ3v) is 3.47. The van der Waals surface area contributed by atoms with Crippen molar-refractivity contribution in [2.45, 2.75) is 25.5 Å². The molecule has 5 nitrogen and oxygen atoms in total. The maximum Gasteiger partial charge on any atom is 0.387 e. The van der Waals surface area contributed by atoms with Gasteiger partial charge in [0.15, 0.2) is 17.9 Å². The zero-order valence-corrected chi connectivity index (χ0v) is 11.7. The number of benzene rings is 1. The first-order valence-electron chi connectivity index (χ1n) is 6.99. The predicted molar refractivity (Wildman–Crippen MR) is 73.8 cm³/mol. The fourth-order valence-corrected chi connectivity index (χ4v) is 2.06. The maximum absolute atomic E-state index is 12.5. The van der Waals surface area contributed by atoms with Crippen LogP contribution in [0.4, 0.5) is 8.78 Å². The summed E-state index contributed by atoms with van der Waals surface area (Å²) < 4.78 is 40.2. The lowest BCUT2D eigenvalue weighted by Crippen LogP contribution is -2.12. The lowest BCUT2D eigenvalue weighted by atomic mass is 10.1. The van der Waals surface area contributed by atoms with Crippen LogP contribution in [0, 0.1) is 5.92 Å². The van der Waals surface area contributed by atoms with Crippen molar-refractivity contribution < 1.29 is 22.7 Å². The maximum atomic E-state index is 12.5. The first-order chi connectivity index (χ1) is 10.6. The second kappa shape index (κ2) is 6.31. The van der Waals surface area contributed by atoms with Gasteiger partial charge in [-0.15, -0.1) is 0 Å². The molecule has 2 N–H and O–H groups in total. The SMILES string of the molecule is NC(c1ccc(OC(F)F)c(OCC2CC2)c1)c1cnco1. The Morgan fingerprint density at radius 3 is 2.77 bits per heavy atom. The zero-order valence-electron chi connectivity index (χ0n) is 11.7. The van der Waals surface area contributed by atoms with E-state index in [1.165, 1.54) is 18.7 Å². The van der Waals surface area contributed by atoms with Crippen molar-refractivity contribution in [2.75, 3.05) is 6.61 Å². The Labute approximate surface area is 126 Å². The molecule has 0 spiro atoms. The Hall–Kier alpha value is -2.15. The molecule has 3 rings (SSSR count). The molecule has 1 atom stereocenters. The number of nitrogens with two attached hydrogens (primary N) is 1. The van der Waals surface area contributed by atoms with Crippen LogP contribution in [0.1, 0.15) is 30.2 Å². The van der Waals surface area contributed by atoms with Crippen LogP contribution in [0.15, 0.2) is 35.2 Å². The van der Waals surface area contributed by atoms with E-state index in [0.29, 0.717) is 23.8 Å². The number of hydrogen-bond donors (Lipinski definition) is 1. The molecule has 0 radical (unpaired) electrons. The molecule has 118 valence electrons. The molecule has 1 saturated carbocycles. The molecule has 7 heteroatoms. The summed E-state index contributed by atoms with van der Waals surface area (Å²) in [4.78, 5) is 3.81. The van der Waals surface area contributed by atoms with E-state index in [1.54, 1.807) is 12.1 Å². The molecular formula is C15H16F2N2O3. The van der Waals surface area contributed by atoms with Gasteiger partial charge in [0.2, 0.25) is 0 Å². The Kier molecular flexibility index (Phi) is 4.24. The Bertz CT molecular complexity index is 615. The van der Waals surface area contributed by atoms with Gasteiger partial charge < -0.3 is 19.6 Å². The summed E-state index contributed by atoms with van der Waals surface area (Å²) in [7, 11) is 0. The van der Waals surface area contributed by atoms with E-state index in [4.69, 9.17) is 14.9 Å². The molecule has 0 bridgehead atoms. The number of halogens is 2. The first kappa shape index (κ1) is 14.8. The van der Waals surface area contributed by atoms with Gasteiger partial charge >= 0.3 is 6.61 Å². The quantitative estimate of drug-likeness (QED) is 0.851. The van der Waals surface area contributed by atoms with Crippen LogP contribution >= 0.6 is 0 Å². The minimum absolute atomic E-state index is 0.00386. The van der Waals surface area contributed by atoms with Crippen molar-refractivity contribution in [3.05, 3.63) is 42.1 Å². The number of oxazole rings is 1. The summed E-state index contributed by atoms with van der Waals surface area (Å²) in [5, 5.41) is 0. The van der Waals surface area contributed by atoms with Crippen LogP contribution in [0.3, 0.4) is 0 Å². The third-order valence-electron chi connectivity index (χ3n) is 3.47. The Morgan fingerprint density at radius 2 is 2.14 bits per heavy atom. The van der Waals surface area contributed by atoms with Crippen molar-refractivity contribution in [1.82, 2.24) is 4.98 Å². The average molecular weight is 310 g/mol. The minimum atomic E-state index is -2.91. The van der Waals surface area contributed by atoms with E-state index >= 15 is 0 Å². The normalized spacial score (nSPS) is 15.8.